The molecule has 2 aromatic rings. The van der Waals surface area contributed by atoms with E-state index in [4.69, 9.17) is 4.74 Å². The number of aliphatic hydroxyl groups is 1. The van der Waals surface area contributed by atoms with Gasteiger partial charge in [-0.1, -0.05) is 30.3 Å². The molecule has 2 aliphatic rings. The summed E-state index contributed by atoms with van der Waals surface area (Å²) >= 11 is 0. The van der Waals surface area contributed by atoms with Crippen LogP contribution in [0.4, 0.5) is 5.69 Å². The standard InChI is InChI=1S/C26H34N2O3.ClH/c1-31-24-10-3-2-7-19(24)13-15-27-14-5-4-9-23(29)22-17-20-8-6-16-28-25(30)12-11-21(18-22)26(20)28;/h2-3,7,10,17-18,23,27,29H,4-6,8-9,11-16H2,1H3;1H. The van der Waals surface area contributed by atoms with Gasteiger partial charge in [-0.05, 0) is 86.4 Å². The van der Waals surface area contributed by atoms with Crippen LogP contribution in [0.2, 0.25) is 0 Å². The molecule has 1 amide bonds. The lowest BCUT2D eigenvalue weighted by Gasteiger charge is -2.35. The van der Waals surface area contributed by atoms with Gasteiger partial charge in [0.05, 0.1) is 18.9 Å². The van der Waals surface area contributed by atoms with E-state index in [9.17, 15) is 9.90 Å². The molecule has 0 aliphatic carbocycles. The Labute approximate surface area is 197 Å². The van der Waals surface area contributed by atoms with E-state index < -0.39 is 6.10 Å². The Balaban J connectivity index is 0.00000289. The first-order valence-electron chi connectivity index (χ1n) is 11.6. The summed E-state index contributed by atoms with van der Waals surface area (Å²) in [6, 6.07) is 12.4. The molecule has 174 valence electrons. The van der Waals surface area contributed by atoms with E-state index >= 15 is 0 Å². The highest BCUT2D eigenvalue weighted by atomic mass is 35.5. The van der Waals surface area contributed by atoms with Crippen molar-refractivity contribution in [3.63, 3.8) is 0 Å². The van der Waals surface area contributed by atoms with Gasteiger partial charge in [0.1, 0.15) is 5.75 Å². The number of para-hydroxylation sites is 1. The van der Waals surface area contributed by atoms with E-state index in [-0.39, 0.29) is 18.3 Å². The number of unbranched alkanes of at least 4 members (excludes halogenated alkanes) is 1. The molecule has 32 heavy (non-hydrogen) atoms. The lowest BCUT2D eigenvalue weighted by Crippen LogP contribution is -2.39. The van der Waals surface area contributed by atoms with Crippen LogP contribution in [0.5, 0.6) is 5.75 Å². The van der Waals surface area contributed by atoms with Crippen LogP contribution < -0.4 is 15.0 Å². The van der Waals surface area contributed by atoms with E-state index in [1.165, 1.54) is 16.7 Å². The summed E-state index contributed by atoms with van der Waals surface area (Å²) in [6.45, 7) is 2.71. The third-order valence-electron chi connectivity index (χ3n) is 6.53. The number of hydrogen-bond donors (Lipinski definition) is 2. The highest BCUT2D eigenvalue weighted by molar-refractivity contribution is 5.97. The van der Waals surface area contributed by atoms with Crippen molar-refractivity contribution in [1.82, 2.24) is 5.32 Å². The molecule has 2 N–H and O–H groups in total. The van der Waals surface area contributed by atoms with Gasteiger partial charge in [0.15, 0.2) is 0 Å². The number of anilines is 1. The number of carbonyl (C=O) groups is 1. The maximum atomic E-state index is 12.2. The van der Waals surface area contributed by atoms with Crippen molar-refractivity contribution >= 4 is 24.0 Å². The van der Waals surface area contributed by atoms with Crippen molar-refractivity contribution in [3.05, 3.63) is 58.7 Å². The molecular weight excluding hydrogens is 424 g/mol. The number of benzene rings is 2. The maximum absolute atomic E-state index is 12.2. The molecule has 4 rings (SSSR count). The summed E-state index contributed by atoms with van der Waals surface area (Å²) < 4.78 is 5.40. The average Bonchev–Trinajstić information content (AvgIpc) is 2.80. The molecule has 0 aromatic heterocycles. The number of rotatable bonds is 10. The molecule has 0 fully saturated rings. The Morgan fingerprint density at radius 1 is 1.09 bits per heavy atom. The number of hydrogen-bond acceptors (Lipinski definition) is 4. The summed E-state index contributed by atoms with van der Waals surface area (Å²) in [5.41, 5.74) is 5.86. The summed E-state index contributed by atoms with van der Waals surface area (Å²) in [5.74, 6) is 1.20. The number of ether oxygens (including phenoxy) is 1. The van der Waals surface area contributed by atoms with Crippen LogP contribution in [-0.2, 0) is 24.1 Å². The monoisotopic (exact) mass is 458 g/mol. The zero-order chi connectivity index (χ0) is 21.6. The molecule has 2 aliphatic heterocycles. The highest BCUT2D eigenvalue weighted by Gasteiger charge is 2.30. The van der Waals surface area contributed by atoms with E-state index in [2.05, 4.69) is 23.5 Å². The SMILES string of the molecule is COc1ccccc1CCNCCCCC(O)c1cc2c3c(c1)CCC(=O)N3CCC2.Cl. The molecule has 0 saturated heterocycles. The van der Waals surface area contributed by atoms with Crippen LogP contribution in [0.15, 0.2) is 36.4 Å². The van der Waals surface area contributed by atoms with Gasteiger partial charge >= 0.3 is 0 Å². The van der Waals surface area contributed by atoms with Gasteiger partial charge < -0.3 is 20.1 Å². The molecule has 0 radical (unpaired) electrons. The largest absolute Gasteiger partial charge is 0.496 e. The Bertz CT molecular complexity index is 901. The number of halogens is 1. The smallest absolute Gasteiger partial charge is 0.227 e. The Kier molecular flexibility index (Phi) is 8.97. The van der Waals surface area contributed by atoms with E-state index in [1.54, 1.807) is 7.11 Å². The van der Waals surface area contributed by atoms with Crippen LogP contribution in [0.25, 0.3) is 0 Å². The Morgan fingerprint density at radius 2 is 1.88 bits per heavy atom. The zero-order valence-electron chi connectivity index (χ0n) is 18.9. The number of methoxy groups -OCH3 is 1. The molecule has 2 heterocycles. The molecule has 0 spiro atoms. The van der Waals surface area contributed by atoms with Crippen molar-refractivity contribution in [2.45, 2.75) is 57.5 Å². The van der Waals surface area contributed by atoms with Gasteiger partial charge in [-0.15, -0.1) is 12.4 Å². The minimum absolute atomic E-state index is 0. The van der Waals surface area contributed by atoms with Crippen molar-refractivity contribution in [1.29, 1.82) is 0 Å². The maximum Gasteiger partial charge on any atom is 0.227 e. The predicted molar refractivity (Wildman–Crippen MR) is 131 cm³/mol. The van der Waals surface area contributed by atoms with E-state index in [0.29, 0.717) is 6.42 Å². The molecule has 0 bridgehead atoms. The minimum atomic E-state index is -0.428. The highest BCUT2D eigenvalue weighted by Crippen LogP contribution is 2.38. The lowest BCUT2D eigenvalue weighted by atomic mass is 9.88. The Hall–Kier alpha value is -2.08. The molecule has 1 atom stereocenters. The van der Waals surface area contributed by atoms with E-state index in [0.717, 1.165) is 81.6 Å². The summed E-state index contributed by atoms with van der Waals surface area (Å²) in [7, 11) is 1.71. The fourth-order valence-corrected chi connectivity index (χ4v) is 4.88. The van der Waals surface area contributed by atoms with Crippen molar-refractivity contribution in [2.24, 2.45) is 0 Å². The van der Waals surface area contributed by atoms with Crippen LogP contribution in [0.1, 0.15) is 60.5 Å². The zero-order valence-corrected chi connectivity index (χ0v) is 19.8. The third kappa shape index (κ3) is 5.64. The predicted octanol–water partition coefficient (Wildman–Crippen LogP) is 4.38. The van der Waals surface area contributed by atoms with Gasteiger partial charge in [0, 0.05) is 13.0 Å². The lowest BCUT2D eigenvalue weighted by molar-refractivity contribution is -0.119. The van der Waals surface area contributed by atoms with Crippen molar-refractivity contribution in [2.75, 3.05) is 31.6 Å². The number of amides is 1. The molecule has 0 saturated carbocycles. The van der Waals surface area contributed by atoms with E-state index in [1.807, 2.05) is 23.1 Å². The topological polar surface area (TPSA) is 61.8 Å². The second-order valence-corrected chi connectivity index (χ2v) is 8.66. The summed E-state index contributed by atoms with van der Waals surface area (Å²) in [4.78, 5) is 14.2. The average molecular weight is 459 g/mol. The number of carbonyl (C=O) groups excluding carboxylic acids is 1. The first kappa shape index (κ1) is 24.6. The second kappa shape index (κ2) is 11.7. The summed E-state index contributed by atoms with van der Waals surface area (Å²) in [6.07, 6.45) is 6.73. The first-order chi connectivity index (χ1) is 15.2. The van der Waals surface area contributed by atoms with Gasteiger partial charge in [-0.3, -0.25) is 4.79 Å². The second-order valence-electron chi connectivity index (χ2n) is 8.66. The van der Waals surface area contributed by atoms with Gasteiger partial charge in [0.25, 0.3) is 0 Å². The number of nitrogens with one attached hydrogen (secondary N) is 1. The molecule has 5 nitrogen and oxygen atoms in total. The van der Waals surface area contributed by atoms with Gasteiger partial charge in [-0.2, -0.15) is 0 Å². The van der Waals surface area contributed by atoms with Crippen molar-refractivity contribution < 1.29 is 14.6 Å². The Morgan fingerprint density at radius 3 is 2.69 bits per heavy atom. The normalized spacial score (nSPS) is 15.7. The van der Waals surface area contributed by atoms with Crippen LogP contribution in [0.3, 0.4) is 0 Å². The summed E-state index contributed by atoms with van der Waals surface area (Å²) in [5, 5.41) is 14.3. The number of aryl methyl sites for hydroxylation is 2. The minimum Gasteiger partial charge on any atom is -0.496 e. The molecular formula is C26H35ClN2O3. The van der Waals surface area contributed by atoms with Crippen molar-refractivity contribution in [3.8, 4) is 5.75 Å². The quantitative estimate of drug-likeness (QED) is 0.519. The molecule has 6 heteroatoms. The molecule has 2 aromatic carbocycles. The third-order valence-corrected chi connectivity index (χ3v) is 6.53. The van der Waals surface area contributed by atoms with Crippen LogP contribution >= 0.6 is 12.4 Å². The van der Waals surface area contributed by atoms with Gasteiger partial charge in [0.2, 0.25) is 5.91 Å². The number of nitrogens with zero attached hydrogens (tertiary/aromatic N) is 1. The van der Waals surface area contributed by atoms with Crippen LogP contribution in [-0.4, -0.2) is 37.8 Å². The van der Waals surface area contributed by atoms with Crippen LogP contribution in [0, 0.1) is 0 Å². The first-order valence-corrected chi connectivity index (χ1v) is 11.6. The molecule has 1 unspecified atom stereocenters. The van der Waals surface area contributed by atoms with Gasteiger partial charge in [-0.25, -0.2) is 0 Å². The fourth-order valence-electron chi connectivity index (χ4n) is 4.88. The number of aliphatic hydroxyl groups excluding tert-OH is 1. The fraction of sp³-hybridized carbons (Fsp3) is 0.500.